The van der Waals surface area contributed by atoms with Crippen LogP contribution < -0.4 is 5.32 Å². The number of carbonyl (C=O) groups excluding carboxylic acids is 1. The Labute approximate surface area is 177 Å². The van der Waals surface area contributed by atoms with Gasteiger partial charge < -0.3 is 15.0 Å². The number of esters is 1. The summed E-state index contributed by atoms with van der Waals surface area (Å²) in [5, 5.41) is 3.85. The van der Waals surface area contributed by atoms with Crippen LogP contribution in [0.4, 0.5) is 5.69 Å². The smallest absolute Gasteiger partial charge is 0.338 e. The van der Waals surface area contributed by atoms with Gasteiger partial charge in [0.15, 0.2) is 5.11 Å². The predicted octanol–water partition coefficient (Wildman–Crippen LogP) is 5.28. The van der Waals surface area contributed by atoms with E-state index >= 15 is 0 Å². The van der Waals surface area contributed by atoms with Crippen molar-refractivity contribution in [3.63, 3.8) is 0 Å². The Morgan fingerprint density at radius 2 is 1.45 bits per heavy atom. The Kier molecular flexibility index (Phi) is 6.98. The molecule has 0 amide bonds. The van der Waals surface area contributed by atoms with Crippen molar-refractivity contribution in [2.75, 3.05) is 19.0 Å². The number of carbonyl (C=O) groups is 1. The van der Waals surface area contributed by atoms with Gasteiger partial charge in [-0.1, -0.05) is 60.7 Å². The number of anilines is 1. The van der Waals surface area contributed by atoms with Crippen molar-refractivity contribution in [1.82, 2.24) is 4.90 Å². The van der Waals surface area contributed by atoms with Crippen molar-refractivity contribution in [1.29, 1.82) is 0 Å². The summed E-state index contributed by atoms with van der Waals surface area (Å²) in [6.07, 6.45) is 0. The van der Waals surface area contributed by atoms with Crippen LogP contribution in [0.5, 0.6) is 0 Å². The highest BCUT2D eigenvalue weighted by Crippen LogP contribution is 2.28. The molecule has 0 spiro atoms. The van der Waals surface area contributed by atoms with Crippen LogP contribution in [0.25, 0.3) is 0 Å². The van der Waals surface area contributed by atoms with E-state index < -0.39 is 0 Å². The van der Waals surface area contributed by atoms with Crippen molar-refractivity contribution in [3.8, 4) is 0 Å². The Balaban J connectivity index is 1.78. The van der Waals surface area contributed by atoms with Gasteiger partial charge in [-0.25, -0.2) is 4.79 Å². The standard InChI is InChI=1S/C24H24N2O2S/c1-3-28-23(27)20-14-16-21(17-15-20)25-24(29)26(2)22(18-10-6-4-7-11-18)19-12-8-5-9-13-19/h4-17,22H,3H2,1-2H3,(H,25,29). The maximum atomic E-state index is 11.8. The molecule has 0 atom stereocenters. The summed E-state index contributed by atoms with van der Waals surface area (Å²) in [5.74, 6) is -0.327. The molecule has 3 aromatic rings. The van der Waals surface area contributed by atoms with Gasteiger partial charge in [0.25, 0.3) is 0 Å². The topological polar surface area (TPSA) is 41.6 Å². The van der Waals surface area contributed by atoms with Crippen LogP contribution in [-0.2, 0) is 4.74 Å². The molecule has 0 saturated carbocycles. The highest BCUT2D eigenvalue weighted by atomic mass is 32.1. The maximum absolute atomic E-state index is 11.8. The van der Waals surface area contributed by atoms with Gasteiger partial charge in [0, 0.05) is 12.7 Å². The molecule has 4 nitrogen and oxygen atoms in total. The molecule has 0 saturated heterocycles. The third-order valence-electron chi connectivity index (χ3n) is 4.59. The second-order valence-corrected chi connectivity index (χ2v) is 6.95. The first-order chi connectivity index (χ1) is 14.1. The molecule has 0 heterocycles. The molecule has 5 heteroatoms. The van der Waals surface area contributed by atoms with Gasteiger partial charge >= 0.3 is 5.97 Å². The zero-order chi connectivity index (χ0) is 20.6. The minimum Gasteiger partial charge on any atom is -0.462 e. The van der Waals surface area contributed by atoms with Crippen molar-refractivity contribution in [2.45, 2.75) is 13.0 Å². The van der Waals surface area contributed by atoms with Gasteiger partial charge in [-0.3, -0.25) is 0 Å². The van der Waals surface area contributed by atoms with Crippen LogP contribution in [0.3, 0.4) is 0 Å². The molecule has 29 heavy (non-hydrogen) atoms. The largest absolute Gasteiger partial charge is 0.462 e. The van der Waals surface area contributed by atoms with E-state index in [9.17, 15) is 4.79 Å². The molecule has 3 rings (SSSR count). The van der Waals surface area contributed by atoms with E-state index in [-0.39, 0.29) is 12.0 Å². The fourth-order valence-corrected chi connectivity index (χ4v) is 3.37. The lowest BCUT2D eigenvalue weighted by Crippen LogP contribution is -2.35. The molecule has 0 radical (unpaired) electrons. The lowest BCUT2D eigenvalue weighted by atomic mass is 9.98. The minimum absolute atomic E-state index is 0.0174. The Bertz CT molecular complexity index is 904. The van der Waals surface area contributed by atoms with Crippen LogP contribution in [0, 0.1) is 0 Å². The fraction of sp³-hybridized carbons (Fsp3) is 0.167. The summed E-state index contributed by atoms with van der Waals surface area (Å²) in [6, 6.07) is 27.6. The predicted molar refractivity (Wildman–Crippen MR) is 121 cm³/mol. The number of benzene rings is 3. The molecule has 0 aliphatic heterocycles. The number of nitrogens with one attached hydrogen (secondary N) is 1. The summed E-state index contributed by atoms with van der Waals surface area (Å²) >= 11 is 5.68. The number of rotatable bonds is 6. The van der Waals surface area contributed by atoms with E-state index in [2.05, 4.69) is 29.6 Å². The maximum Gasteiger partial charge on any atom is 0.338 e. The molecular formula is C24H24N2O2S. The van der Waals surface area contributed by atoms with Gasteiger partial charge in [-0.2, -0.15) is 0 Å². The van der Waals surface area contributed by atoms with Crippen molar-refractivity contribution in [3.05, 3.63) is 102 Å². The summed E-state index contributed by atoms with van der Waals surface area (Å²) < 4.78 is 5.02. The first kappa shape index (κ1) is 20.6. The second kappa shape index (κ2) is 9.85. The third-order valence-corrected chi connectivity index (χ3v) is 4.98. The number of hydrogen-bond acceptors (Lipinski definition) is 3. The molecule has 0 bridgehead atoms. The number of thiocarbonyl (C=S) groups is 1. The molecule has 1 N–H and O–H groups in total. The first-order valence-corrected chi connectivity index (χ1v) is 9.92. The van der Waals surface area contributed by atoms with E-state index in [4.69, 9.17) is 17.0 Å². The fourth-order valence-electron chi connectivity index (χ4n) is 3.14. The zero-order valence-corrected chi connectivity index (χ0v) is 17.4. The van der Waals surface area contributed by atoms with Gasteiger partial charge in [0.2, 0.25) is 0 Å². The van der Waals surface area contributed by atoms with E-state index in [0.29, 0.717) is 17.3 Å². The quantitative estimate of drug-likeness (QED) is 0.447. The SMILES string of the molecule is CCOC(=O)c1ccc(NC(=S)N(C)C(c2ccccc2)c2ccccc2)cc1. The summed E-state index contributed by atoms with van der Waals surface area (Å²) in [7, 11) is 1.98. The monoisotopic (exact) mass is 404 g/mol. The van der Waals surface area contributed by atoms with E-state index in [0.717, 1.165) is 16.8 Å². The number of hydrogen-bond donors (Lipinski definition) is 1. The minimum atomic E-state index is -0.327. The van der Waals surface area contributed by atoms with Crippen LogP contribution >= 0.6 is 12.2 Å². The van der Waals surface area contributed by atoms with Crippen LogP contribution in [-0.4, -0.2) is 29.6 Å². The molecule has 0 aliphatic carbocycles. The molecule has 148 valence electrons. The molecule has 0 aromatic heterocycles. The van der Waals surface area contributed by atoms with E-state index in [1.54, 1.807) is 19.1 Å². The average Bonchev–Trinajstić information content (AvgIpc) is 2.76. The summed E-state index contributed by atoms with van der Waals surface area (Å²) in [4.78, 5) is 13.9. The second-order valence-electron chi connectivity index (χ2n) is 6.56. The van der Waals surface area contributed by atoms with Crippen molar-refractivity contribution >= 4 is 29.0 Å². The third kappa shape index (κ3) is 5.21. The lowest BCUT2D eigenvalue weighted by molar-refractivity contribution is 0.0526. The molecule has 0 aliphatic rings. The Morgan fingerprint density at radius 1 is 0.931 bits per heavy atom. The summed E-state index contributed by atoms with van der Waals surface area (Å²) in [6.45, 7) is 2.14. The lowest BCUT2D eigenvalue weighted by Gasteiger charge is -2.31. The van der Waals surface area contributed by atoms with Gasteiger partial charge in [0.1, 0.15) is 0 Å². The van der Waals surface area contributed by atoms with Crippen molar-refractivity contribution in [2.24, 2.45) is 0 Å². The molecule has 0 fully saturated rings. The number of ether oxygens (including phenoxy) is 1. The van der Waals surface area contributed by atoms with Crippen LogP contribution in [0.1, 0.15) is 34.5 Å². The molecule has 3 aromatic carbocycles. The van der Waals surface area contributed by atoms with Gasteiger partial charge in [-0.15, -0.1) is 0 Å². The van der Waals surface area contributed by atoms with Crippen LogP contribution in [0.2, 0.25) is 0 Å². The van der Waals surface area contributed by atoms with Gasteiger partial charge in [-0.05, 0) is 54.5 Å². The molecular weight excluding hydrogens is 380 g/mol. The number of nitrogens with zero attached hydrogens (tertiary/aromatic N) is 1. The highest BCUT2D eigenvalue weighted by molar-refractivity contribution is 7.80. The summed E-state index contributed by atoms with van der Waals surface area (Å²) in [5.41, 5.74) is 3.64. The van der Waals surface area contributed by atoms with Crippen LogP contribution in [0.15, 0.2) is 84.9 Å². The van der Waals surface area contributed by atoms with Crippen molar-refractivity contribution < 1.29 is 9.53 Å². The Hall–Kier alpha value is -3.18. The van der Waals surface area contributed by atoms with Gasteiger partial charge in [0.05, 0.1) is 18.2 Å². The normalized spacial score (nSPS) is 10.4. The highest BCUT2D eigenvalue weighted by Gasteiger charge is 2.21. The first-order valence-electron chi connectivity index (χ1n) is 9.51. The molecule has 0 unspecified atom stereocenters. The average molecular weight is 405 g/mol. The van der Waals surface area contributed by atoms with E-state index in [1.807, 2.05) is 60.5 Å². The Morgan fingerprint density at radius 3 is 1.93 bits per heavy atom. The zero-order valence-electron chi connectivity index (χ0n) is 16.5. The van der Waals surface area contributed by atoms with E-state index in [1.165, 1.54) is 0 Å².